The highest BCUT2D eigenvalue weighted by Gasteiger charge is 2.47. The Morgan fingerprint density at radius 2 is 0.933 bits per heavy atom. The number of aliphatic hydroxyl groups excluding tert-OH is 3. The summed E-state index contributed by atoms with van der Waals surface area (Å²) in [6.07, 6.45) is 41.7. The number of esters is 2. The lowest BCUT2D eigenvalue weighted by molar-refractivity contribution is -0.298. The zero-order valence-electron chi connectivity index (χ0n) is 36.4. The van der Waals surface area contributed by atoms with Crippen LogP contribution in [0.4, 0.5) is 0 Å². The zero-order valence-corrected chi connectivity index (χ0v) is 36.4. The second-order valence-electron chi connectivity index (χ2n) is 14.8. The number of aliphatic hydroxyl groups is 3. The Morgan fingerprint density at radius 1 is 0.517 bits per heavy atom. The topological polar surface area (TPSA) is 169 Å². The molecule has 1 heterocycles. The fraction of sp³-hybridized carbons (Fsp3) is 0.612. The van der Waals surface area contributed by atoms with Gasteiger partial charge in [0, 0.05) is 12.8 Å². The number of allylic oxidation sites excluding steroid dienone is 16. The Hall–Kier alpha value is -3.87. The minimum Gasteiger partial charge on any atom is -0.479 e. The number of aliphatic carboxylic acids is 1. The van der Waals surface area contributed by atoms with Gasteiger partial charge in [-0.05, 0) is 89.9 Å². The van der Waals surface area contributed by atoms with Crippen molar-refractivity contribution in [2.75, 3.05) is 13.2 Å². The number of hydrogen-bond donors (Lipinski definition) is 4. The SMILES string of the molecule is CC/C=C\C/C=C\C/C=C\C/C=C\C/C=C\CCCCCC(=O)OCC(COC1OC(C(=O)O)C(O)C(O)C1O)OC(=O)CCCCCCC/C=C\C/C=C\C/C=C\CC. The lowest BCUT2D eigenvalue weighted by atomic mass is 9.99. The summed E-state index contributed by atoms with van der Waals surface area (Å²) in [6.45, 7) is 3.52. The molecule has 4 N–H and O–H groups in total. The first-order chi connectivity index (χ1) is 29.2. The number of unbranched alkanes of at least 4 members (excludes halogenated alkanes) is 8. The van der Waals surface area contributed by atoms with Crippen molar-refractivity contribution in [3.63, 3.8) is 0 Å². The van der Waals surface area contributed by atoms with Crippen molar-refractivity contribution in [2.24, 2.45) is 0 Å². The maximum atomic E-state index is 12.8. The Labute approximate surface area is 360 Å². The molecule has 0 aliphatic carbocycles. The van der Waals surface area contributed by atoms with Crippen LogP contribution in [0.5, 0.6) is 0 Å². The van der Waals surface area contributed by atoms with E-state index < -0.39 is 61.3 Å². The van der Waals surface area contributed by atoms with Crippen LogP contribution in [0.15, 0.2) is 97.2 Å². The van der Waals surface area contributed by atoms with E-state index in [4.69, 9.17) is 18.9 Å². The van der Waals surface area contributed by atoms with Crippen LogP contribution in [0.2, 0.25) is 0 Å². The molecule has 1 aliphatic heterocycles. The fourth-order valence-corrected chi connectivity index (χ4v) is 5.98. The predicted molar refractivity (Wildman–Crippen MR) is 238 cm³/mol. The Kier molecular flexibility index (Phi) is 34.4. The summed E-state index contributed by atoms with van der Waals surface area (Å²) in [5, 5.41) is 39.8. The number of hydrogen-bond acceptors (Lipinski definition) is 10. The van der Waals surface area contributed by atoms with E-state index in [9.17, 15) is 34.8 Å². The van der Waals surface area contributed by atoms with Crippen LogP contribution in [0.1, 0.15) is 142 Å². The van der Waals surface area contributed by atoms with Crippen molar-refractivity contribution in [1.29, 1.82) is 0 Å². The van der Waals surface area contributed by atoms with Crippen molar-refractivity contribution in [3.05, 3.63) is 97.2 Å². The van der Waals surface area contributed by atoms with Gasteiger partial charge in [-0.15, -0.1) is 0 Å². The van der Waals surface area contributed by atoms with Crippen LogP contribution in [-0.4, -0.2) is 88.4 Å². The van der Waals surface area contributed by atoms with Gasteiger partial charge < -0.3 is 39.4 Å². The van der Waals surface area contributed by atoms with Gasteiger partial charge in [-0.25, -0.2) is 4.79 Å². The summed E-state index contributed by atoms with van der Waals surface area (Å²) < 4.78 is 21.7. The highest BCUT2D eigenvalue weighted by Crippen LogP contribution is 2.23. The maximum absolute atomic E-state index is 12.8. The van der Waals surface area contributed by atoms with Crippen LogP contribution in [0.3, 0.4) is 0 Å². The summed E-state index contributed by atoms with van der Waals surface area (Å²) in [5.74, 6) is -2.53. The number of ether oxygens (including phenoxy) is 4. The normalized spacial score (nSPS) is 20.7. The van der Waals surface area contributed by atoms with Gasteiger partial charge in [0.2, 0.25) is 0 Å². The Morgan fingerprint density at radius 3 is 1.42 bits per heavy atom. The number of carbonyl (C=O) groups is 3. The molecule has 338 valence electrons. The predicted octanol–water partition coefficient (Wildman–Crippen LogP) is 9.64. The molecule has 0 aromatic carbocycles. The van der Waals surface area contributed by atoms with Crippen LogP contribution in [0.25, 0.3) is 0 Å². The molecule has 1 saturated heterocycles. The van der Waals surface area contributed by atoms with E-state index in [0.717, 1.165) is 103 Å². The minimum absolute atomic E-state index is 0.149. The Bertz CT molecular complexity index is 1360. The summed E-state index contributed by atoms with van der Waals surface area (Å²) in [4.78, 5) is 36.8. The molecule has 0 spiro atoms. The first-order valence-corrected chi connectivity index (χ1v) is 22.3. The highest BCUT2D eigenvalue weighted by atomic mass is 16.7. The zero-order chi connectivity index (χ0) is 43.9. The molecule has 1 rings (SSSR count). The molecule has 0 saturated carbocycles. The second-order valence-corrected chi connectivity index (χ2v) is 14.8. The van der Waals surface area contributed by atoms with E-state index in [1.165, 1.54) is 0 Å². The molecule has 6 atom stereocenters. The highest BCUT2D eigenvalue weighted by molar-refractivity contribution is 5.73. The lowest BCUT2D eigenvalue weighted by Crippen LogP contribution is -2.60. The van der Waals surface area contributed by atoms with Crippen LogP contribution >= 0.6 is 0 Å². The monoisotopic (exact) mass is 841 g/mol. The third kappa shape index (κ3) is 29.4. The van der Waals surface area contributed by atoms with E-state index in [-0.39, 0.29) is 19.4 Å². The van der Waals surface area contributed by atoms with Crippen molar-refractivity contribution < 1.29 is 53.8 Å². The number of rotatable bonds is 35. The lowest BCUT2D eigenvalue weighted by Gasteiger charge is -2.38. The van der Waals surface area contributed by atoms with E-state index in [1.807, 2.05) is 0 Å². The van der Waals surface area contributed by atoms with Gasteiger partial charge >= 0.3 is 17.9 Å². The standard InChI is InChI=1S/C49H76O11/c1-3-5-7-9-11-13-15-17-19-20-21-22-24-25-27-29-31-33-35-37-42(50)57-39-41(40-58-49-46(54)44(52)45(53)47(60-49)48(55)56)59-43(51)38-36-34-32-30-28-26-23-18-16-14-12-10-8-6-4-2/h5-8,11-14,17-19,21-23,25,27,41,44-47,49,52-54H,3-4,9-10,15-16,20,24,26,28-40H2,1-2H3,(H,55,56)/b7-5-,8-6-,13-11-,14-12-,19-17-,22-21-,23-18-,27-25-. The van der Waals surface area contributed by atoms with E-state index in [2.05, 4.69) is 111 Å². The molecule has 1 aliphatic rings. The van der Waals surface area contributed by atoms with Crippen LogP contribution in [-0.2, 0) is 33.3 Å². The van der Waals surface area contributed by atoms with E-state index in [1.54, 1.807) is 0 Å². The van der Waals surface area contributed by atoms with Crippen molar-refractivity contribution >= 4 is 17.9 Å². The summed E-state index contributed by atoms with van der Waals surface area (Å²) in [5.41, 5.74) is 0. The smallest absolute Gasteiger partial charge is 0.335 e. The summed E-state index contributed by atoms with van der Waals surface area (Å²) in [6, 6.07) is 0. The largest absolute Gasteiger partial charge is 0.479 e. The van der Waals surface area contributed by atoms with Gasteiger partial charge in [-0.1, -0.05) is 137 Å². The third-order valence-corrected chi connectivity index (χ3v) is 9.43. The molecule has 0 bridgehead atoms. The van der Waals surface area contributed by atoms with Crippen molar-refractivity contribution in [1.82, 2.24) is 0 Å². The average Bonchev–Trinajstić information content (AvgIpc) is 3.23. The first kappa shape index (κ1) is 54.1. The molecule has 1 fully saturated rings. The van der Waals surface area contributed by atoms with Crippen molar-refractivity contribution in [3.8, 4) is 0 Å². The second kappa shape index (κ2) is 38.1. The number of carboxylic acids is 1. The maximum Gasteiger partial charge on any atom is 0.335 e. The van der Waals surface area contributed by atoms with Gasteiger partial charge in [0.1, 0.15) is 24.9 Å². The quantitative estimate of drug-likeness (QED) is 0.0272. The molecular formula is C49H76O11. The Balaban J connectivity index is 2.42. The molecule has 60 heavy (non-hydrogen) atoms. The molecule has 0 amide bonds. The van der Waals surface area contributed by atoms with E-state index >= 15 is 0 Å². The molecule has 6 unspecified atom stereocenters. The molecule has 0 radical (unpaired) electrons. The van der Waals surface area contributed by atoms with E-state index in [0.29, 0.717) is 12.8 Å². The van der Waals surface area contributed by atoms with Gasteiger partial charge in [0.05, 0.1) is 6.61 Å². The van der Waals surface area contributed by atoms with Crippen LogP contribution in [0, 0.1) is 0 Å². The van der Waals surface area contributed by atoms with Gasteiger partial charge in [-0.2, -0.15) is 0 Å². The van der Waals surface area contributed by atoms with Gasteiger partial charge in [-0.3, -0.25) is 9.59 Å². The average molecular weight is 841 g/mol. The molecule has 11 heteroatoms. The number of carbonyl (C=O) groups excluding carboxylic acids is 2. The number of carboxylic acid groups (broad SMARTS) is 1. The third-order valence-electron chi connectivity index (χ3n) is 9.43. The summed E-state index contributed by atoms with van der Waals surface area (Å²) >= 11 is 0. The van der Waals surface area contributed by atoms with Crippen LogP contribution < -0.4 is 0 Å². The molecule has 0 aromatic heterocycles. The van der Waals surface area contributed by atoms with Gasteiger partial charge in [0.15, 0.2) is 18.5 Å². The molecule has 0 aromatic rings. The van der Waals surface area contributed by atoms with Gasteiger partial charge in [0.25, 0.3) is 0 Å². The molecular weight excluding hydrogens is 765 g/mol. The first-order valence-electron chi connectivity index (χ1n) is 22.3. The minimum atomic E-state index is -1.87. The molecule has 11 nitrogen and oxygen atoms in total. The summed E-state index contributed by atoms with van der Waals surface area (Å²) in [7, 11) is 0. The van der Waals surface area contributed by atoms with Crippen molar-refractivity contribution in [2.45, 2.75) is 179 Å². The fourth-order valence-electron chi connectivity index (χ4n) is 5.98.